The van der Waals surface area contributed by atoms with E-state index in [4.69, 9.17) is 5.73 Å². The van der Waals surface area contributed by atoms with Crippen LogP contribution in [0.1, 0.15) is 33.1 Å². The molecule has 1 aliphatic rings. The highest BCUT2D eigenvalue weighted by Gasteiger charge is 2.10. The van der Waals surface area contributed by atoms with Gasteiger partial charge in [-0.25, -0.2) is 0 Å². The van der Waals surface area contributed by atoms with Crippen molar-refractivity contribution in [1.82, 2.24) is 0 Å². The number of hydrogen-bond acceptors (Lipinski definition) is 2. The van der Waals surface area contributed by atoms with Gasteiger partial charge in [0.05, 0.1) is 0 Å². The molecule has 0 aliphatic heterocycles. The highest BCUT2D eigenvalue weighted by atomic mass is 32.2. The Morgan fingerprint density at radius 3 is 2.38 bits per heavy atom. The summed E-state index contributed by atoms with van der Waals surface area (Å²) in [4.78, 5) is 1.33. The zero-order chi connectivity index (χ0) is 11.8. The first-order chi connectivity index (χ1) is 7.84. The van der Waals surface area contributed by atoms with E-state index in [1.165, 1.54) is 24.2 Å². The average molecular weight is 235 g/mol. The van der Waals surface area contributed by atoms with Gasteiger partial charge in [0.25, 0.3) is 0 Å². The first-order valence-corrected chi connectivity index (χ1v) is 6.90. The lowest BCUT2D eigenvalue weighted by Gasteiger charge is -2.16. The minimum atomic E-state index is 0.753. The number of rotatable bonds is 2. The van der Waals surface area contributed by atoms with Gasteiger partial charge in [-0.15, -0.1) is 11.8 Å². The van der Waals surface area contributed by atoms with Crippen LogP contribution < -0.4 is 5.73 Å². The largest absolute Gasteiger partial charge is 0.399 e. The van der Waals surface area contributed by atoms with Crippen molar-refractivity contribution in [1.29, 1.82) is 0 Å². The second-order valence-corrected chi connectivity index (χ2v) is 4.97. The summed E-state index contributed by atoms with van der Waals surface area (Å²) in [6, 6.07) is 8.17. The van der Waals surface area contributed by atoms with Gasteiger partial charge in [0.2, 0.25) is 0 Å². The van der Waals surface area contributed by atoms with Gasteiger partial charge in [-0.05, 0) is 43.5 Å². The van der Waals surface area contributed by atoms with E-state index in [0.29, 0.717) is 0 Å². The van der Waals surface area contributed by atoms with Gasteiger partial charge in [-0.1, -0.05) is 26.0 Å². The Hall–Kier alpha value is -0.890. The predicted octanol–water partition coefficient (Wildman–Crippen LogP) is 4.50. The number of benzene rings is 1. The molecule has 1 aromatic rings. The molecule has 0 bridgehead atoms. The molecule has 2 N–H and O–H groups in total. The molecule has 1 unspecified atom stereocenters. The molecule has 2 heteroatoms. The maximum absolute atomic E-state index is 5.64. The van der Waals surface area contributed by atoms with E-state index >= 15 is 0 Å². The SMILES string of the molecule is CC.Nc1ccc(SC2CC=CCC2)cc1. The van der Waals surface area contributed by atoms with Crippen molar-refractivity contribution in [3.63, 3.8) is 0 Å². The maximum atomic E-state index is 5.64. The molecule has 0 radical (unpaired) electrons. The quantitative estimate of drug-likeness (QED) is 0.603. The monoisotopic (exact) mass is 235 g/mol. The summed E-state index contributed by atoms with van der Waals surface area (Å²) in [5, 5.41) is 0.753. The van der Waals surface area contributed by atoms with Gasteiger partial charge in [-0.2, -0.15) is 0 Å². The topological polar surface area (TPSA) is 26.0 Å². The van der Waals surface area contributed by atoms with E-state index in [9.17, 15) is 0 Å². The summed E-state index contributed by atoms with van der Waals surface area (Å²) < 4.78 is 0. The molecule has 16 heavy (non-hydrogen) atoms. The molecule has 0 fully saturated rings. The third kappa shape index (κ3) is 4.31. The fraction of sp³-hybridized carbons (Fsp3) is 0.429. The second-order valence-electron chi connectivity index (χ2n) is 3.59. The first kappa shape index (κ1) is 13.2. The summed E-state index contributed by atoms with van der Waals surface area (Å²) in [6.07, 6.45) is 8.30. The van der Waals surface area contributed by atoms with Crippen LogP contribution >= 0.6 is 11.8 Å². The lowest BCUT2D eigenvalue weighted by atomic mass is 10.1. The van der Waals surface area contributed by atoms with E-state index in [1.807, 2.05) is 37.7 Å². The van der Waals surface area contributed by atoms with E-state index in [2.05, 4.69) is 24.3 Å². The van der Waals surface area contributed by atoms with Crippen molar-refractivity contribution in [2.45, 2.75) is 43.3 Å². The summed E-state index contributed by atoms with van der Waals surface area (Å²) in [6.45, 7) is 4.00. The normalized spacial score (nSPS) is 18.8. The van der Waals surface area contributed by atoms with E-state index < -0.39 is 0 Å². The molecule has 0 heterocycles. The van der Waals surface area contributed by atoms with Crippen molar-refractivity contribution >= 4 is 17.4 Å². The minimum absolute atomic E-state index is 0.753. The smallest absolute Gasteiger partial charge is 0.0314 e. The predicted molar refractivity (Wildman–Crippen MR) is 74.8 cm³/mol. The highest BCUT2D eigenvalue weighted by Crippen LogP contribution is 2.31. The molecular formula is C14H21NS. The number of nitrogen functional groups attached to an aromatic ring is 1. The van der Waals surface area contributed by atoms with Gasteiger partial charge in [0, 0.05) is 15.8 Å². The lowest BCUT2D eigenvalue weighted by molar-refractivity contribution is 0.748. The molecule has 1 aromatic carbocycles. The molecular weight excluding hydrogens is 214 g/mol. The Bertz CT molecular complexity index is 316. The number of allylic oxidation sites excluding steroid dienone is 2. The van der Waals surface area contributed by atoms with Crippen LogP contribution in [-0.2, 0) is 0 Å². The van der Waals surface area contributed by atoms with Crippen LogP contribution in [0.5, 0.6) is 0 Å². The van der Waals surface area contributed by atoms with Crippen LogP contribution in [0.2, 0.25) is 0 Å². The Balaban J connectivity index is 0.000000606. The molecule has 1 aliphatic carbocycles. The standard InChI is InChI=1S/C12H15NS.C2H6/c13-10-6-8-12(9-7-10)14-11-4-2-1-3-5-11;1-2/h1-2,6-9,11H,3-5,13H2;1-2H3. The Labute approximate surface area is 103 Å². The molecule has 88 valence electrons. The fourth-order valence-corrected chi connectivity index (χ4v) is 2.75. The lowest BCUT2D eigenvalue weighted by Crippen LogP contribution is -2.03. The highest BCUT2D eigenvalue weighted by molar-refractivity contribution is 8.00. The fourth-order valence-electron chi connectivity index (χ4n) is 1.61. The van der Waals surface area contributed by atoms with Gasteiger partial charge in [0.1, 0.15) is 0 Å². The zero-order valence-corrected chi connectivity index (χ0v) is 11.0. The van der Waals surface area contributed by atoms with Crippen LogP contribution in [0, 0.1) is 0 Å². The summed E-state index contributed by atoms with van der Waals surface area (Å²) >= 11 is 1.97. The van der Waals surface area contributed by atoms with Crippen molar-refractivity contribution in [2.75, 3.05) is 5.73 Å². The minimum Gasteiger partial charge on any atom is -0.399 e. The molecule has 0 amide bonds. The van der Waals surface area contributed by atoms with Crippen LogP contribution in [0.4, 0.5) is 5.69 Å². The zero-order valence-electron chi connectivity index (χ0n) is 10.1. The van der Waals surface area contributed by atoms with Crippen molar-refractivity contribution in [3.05, 3.63) is 36.4 Å². The van der Waals surface area contributed by atoms with Crippen molar-refractivity contribution < 1.29 is 0 Å². The van der Waals surface area contributed by atoms with E-state index in [-0.39, 0.29) is 0 Å². The Kier molecular flexibility index (Phi) is 6.09. The van der Waals surface area contributed by atoms with Crippen LogP contribution in [0.25, 0.3) is 0 Å². The number of thioether (sulfide) groups is 1. The first-order valence-electron chi connectivity index (χ1n) is 6.02. The second kappa shape index (κ2) is 7.39. The van der Waals surface area contributed by atoms with Crippen molar-refractivity contribution in [2.24, 2.45) is 0 Å². The number of hydrogen-bond donors (Lipinski definition) is 1. The molecule has 0 aromatic heterocycles. The van der Waals surface area contributed by atoms with Crippen LogP contribution in [0.3, 0.4) is 0 Å². The summed E-state index contributed by atoms with van der Waals surface area (Å²) in [7, 11) is 0. The Morgan fingerprint density at radius 1 is 1.12 bits per heavy atom. The molecule has 1 nitrogen and oxygen atoms in total. The summed E-state index contributed by atoms with van der Waals surface area (Å²) in [5.41, 5.74) is 6.48. The summed E-state index contributed by atoms with van der Waals surface area (Å²) in [5.74, 6) is 0. The van der Waals surface area contributed by atoms with Gasteiger partial charge >= 0.3 is 0 Å². The van der Waals surface area contributed by atoms with Crippen LogP contribution in [0.15, 0.2) is 41.3 Å². The van der Waals surface area contributed by atoms with Gasteiger partial charge in [-0.3, -0.25) is 0 Å². The van der Waals surface area contributed by atoms with Gasteiger partial charge < -0.3 is 5.73 Å². The third-order valence-electron chi connectivity index (χ3n) is 2.40. The molecule has 0 saturated carbocycles. The molecule has 1 atom stereocenters. The molecule has 0 spiro atoms. The van der Waals surface area contributed by atoms with E-state index in [0.717, 1.165) is 10.9 Å². The molecule has 0 saturated heterocycles. The maximum Gasteiger partial charge on any atom is 0.0314 e. The van der Waals surface area contributed by atoms with Crippen molar-refractivity contribution in [3.8, 4) is 0 Å². The average Bonchev–Trinajstić information content (AvgIpc) is 2.36. The number of nitrogens with two attached hydrogens (primary N) is 1. The number of anilines is 1. The Morgan fingerprint density at radius 2 is 1.81 bits per heavy atom. The third-order valence-corrected chi connectivity index (χ3v) is 3.71. The van der Waals surface area contributed by atoms with Gasteiger partial charge in [0.15, 0.2) is 0 Å². The van der Waals surface area contributed by atoms with E-state index in [1.54, 1.807) is 0 Å². The molecule has 2 rings (SSSR count). The van der Waals surface area contributed by atoms with Crippen LogP contribution in [-0.4, -0.2) is 5.25 Å².